The second-order valence-corrected chi connectivity index (χ2v) is 3.71. The normalized spacial score (nSPS) is 9.78. The molecule has 0 aromatic carbocycles. The molecule has 2 heterocycles. The van der Waals surface area contributed by atoms with E-state index >= 15 is 0 Å². The summed E-state index contributed by atoms with van der Waals surface area (Å²) in [5.41, 5.74) is 1.98. The maximum Gasteiger partial charge on any atom is 0.317 e. The van der Waals surface area contributed by atoms with Crippen molar-refractivity contribution in [2.24, 2.45) is 0 Å². The minimum Gasteiger partial charge on any atom is -0.463 e. The molecule has 5 heteroatoms. The lowest BCUT2D eigenvalue weighted by atomic mass is 10.3. The van der Waals surface area contributed by atoms with E-state index in [9.17, 15) is 0 Å². The van der Waals surface area contributed by atoms with E-state index in [1.54, 1.807) is 19.2 Å². The second-order valence-electron chi connectivity index (χ2n) is 3.71. The number of hydrogen-bond donors (Lipinski definition) is 0. The average Bonchev–Trinajstić information content (AvgIpc) is 2.39. The minimum absolute atomic E-state index is 0.238. The van der Waals surface area contributed by atoms with Crippen LogP contribution in [0.1, 0.15) is 17.1 Å². The van der Waals surface area contributed by atoms with Crippen LogP contribution in [0.5, 0.6) is 6.01 Å². The van der Waals surface area contributed by atoms with Gasteiger partial charge < -0.3 is 4.74 Å². The van der Waals surface area contributed by atoms with Crippen molar-refractivity contribution in [2.75, 3.05) is 6.61 Å². The first kappa shape index (κ1) is 12.0. The Kier molecular flexibility index (Phi) is 3.82. The molecule has 0 aliphatic rings. The van der Waals surface area contributed by atoms with E-state index in [-0.39, 0.29) is 6.01 Å². The molecule has 0 radical (unpaired) electrons. The van der Waals surface area contributed by atoms with E-state index in [1.165, 1.54) is 0 Å². The number of nitriles is 1. The molecule has 18 heavy (non-hydrogen) atoms. The fourth-order valence-electron chi connectivity index (χ4n) is 1.46. The molecule has 0 fully saturated rings. The smallest absolute Gasteiger partial charge is 0.317 e. The van der Waals surface area contributed by atoms with E-state index < -0.39 is 0 Å². The van der Waals surface area contributed by atoms with Crippen LogP contribution in [-0.2, 0) is 6.42 Å². The van der Waals surface area contributed by atoms with Crippen LogP contribution in [0.15, 0.2) is 30.5 Å². The molecule has 0 saturated carbocycles. The van der Waals surface area contributed by atoms with Crippen LogP contribution < -0.4 is 4.74 Å². The van der Waals surface area contributed by atoms with Crippen LogP contribution in [0.4, 0.5) is 0 Å². The molecule has 0 aliphatic carbocycles. The van der Waals surface area contributed by atoms with Crippen molar-refractivity contribution < 1.29 is 4.74 Å². The third-order valence-electron chi connectivity index (χ3n) is 2.26. The molecule has 2 rings (SSSR count). The van der Waals surface area contributed by atoms with Crippen LogP contribution in [-0.4, -0.2) is 21.6 Å². The minimum atomic E-state index is 0.238. The maximum absolute atomic E-state index is 8.78. The SMILES string of the molecule is Cc1cc(C#N)nc(OCCc2ccccn2)n1. The Morgan fingerprint density at radius 2 is 2.22 bits per heavy atom. The Morgan fingerprint density at radius 3 is 2.94 bits per heavy atom. The molecule has 0 unspecified atom stereocenters. The summed E-state index contributed by atoms with van der Waals surface area (Å²) < 4.78 is 5.42. The highest BCUT2D eigenvalue weighted by atomic mass is 16.5. The van der Waals surface area contributed by atoms with Crippen molar-refractivity contribution in [1.82, 2.24) is 15.0 Å². The van der Waals surface area contributed by atoms with Crippen LogP contribution in [0.2, 0.25) is 0 Å². The summed E-state index contributed by atoms with van der Waals surface area (Å²) in [6.07, 6.45) is 2.42. The first-order chi connectivity index (χ1) is 8.78. The van der Waals surface area contributed by atoms with Crippen LogP contribution in [0, 0.1) is 18.3 Å². The first-order valence-electron chi connectivity index (χ1n) is 5.56. The second kappa shape index (κ2) is 5.73. The quantitative estimate of drug-likeness (QED) is 0.812. The molecule has 90 valence electrons. The monoisotopic (exact) mass is 240 g/mol. The Morgan fingerprint density at radius 1 is 1.33 bits per heavy atom. The zero-order valence-corrected chi connectivity index (χ0v) is 10.00. The molecule has 0 N–H and O–H groups in total. The van der Waals surface area contributed by atoms with Gasteiger partial charge in [-0.1, -0.05) is 6.07 Å². The van der Waals surface area contributed by atoms with Gasteiger partial charge in [0, 0.05) is 24.0 Å². The van der Waals surface area contributed by atoms with Gasteiger partial charge in [-0.25, -0.2) is 4.98 Å². The van der Waals surface area contributed by atoms with Gasteiger partial charge in [-0.2, -0.15) is 10.2 Å². The van der Waals surface area contributed by atoms with Gasteiger partial charge in [0.05, 0.1) is 6.61 Å². The molecule has 0 atom stereocenters. The summed E-state index contributed by atoms with van der Waals surface area (Å²) >= 11 is 0. The number of ether oxygens (including phenoxy) is 1. The predicted molar refractivity (Wildman–Crippen MR) is 64.9 cm³/mol. The largest absolute Gasteiger partial charge is 0.463 e. The van der Waals surface area contributed by atoms with Crippen molar-refractivity contribution in [1.29, 1.82) is 5.26 Å². The van der Waals surface area contributed by atoms with E-state index in [2.05, 4.69) is 15.0 Å². The number of nitrogens with zero attached hydrogens (tertiary/aromatic N) is 4. The van der Waals surface area contributed by atoms with Gasteiger partial charge in [-0.05, 0) is 25.1 Å². The molecule has 2 aromatic rings. The zero-order chi connectivity index (χ0) is 12.8. The highest BCUT2D eigenvalue weighted by Crippen LogP contribution is 2.06. The fourth-order valence-corrected chi connectivity index (χ4v) is 1.46. The number of pyridine rings is 1. The third kappa shape index (κ3) is 3.25. The van der Waals surface area contributed by atoms with E-state index in [4.69, 9.17) is 10.00 Å². The molecule has 2 aromatic heterocycles. The molecule has 0 bridgehead atoms. The molecule has 0 spiro atoms. The lowest BCUT2D eigenvalue weighted by Gasteiger charge is -2.04. The van der Waals surface area contributed by atoms with Gasteiger partial charge in [-0.3, -0.25) is 4.98 Å². The van der Waals surface area contributed by atoms with Crippen molar-refractivity contribution in [3.63, 3.8) is 0 Å². The van der Waals surface area contributed by atoms with Gasteiger partial charge in [-0.15, -0.1) is 0 Å². The molecular formula is C13H12N4O. The Balaban J connectivity index is 1.95. The van der Waals surface area contributed by atoms with E-state index in [1.807, 2.05) is 24.3 Å². The van der Waals surface area contributed by atoms with E-state index in [0.29, 0.717) is 18.7 Å². The Hall–Kier alpha value is -2.48. The van der Waals surface area contributed by atoms with E-state index in [0.717, 1.165) is 11.4 Å². The summed E-state index contributed by atoms with van der Waals surface area (Å²) in [4.78, 5) is 12.3. The topological polar surface area (TPSA) is 71.7 Å². The standard InChI is InChI=1S/C13H12N4O/c1-10-8-12(9-14)17-13(16-10)18-7-5-11-4-2-3-6-15-11/h2-4,6,8H,5,7H2,1H3. The summed E-state index contributed by atoms with van der Waals surface area (Å²) in [7, 11) is 0. The van der Waals surface area contributed by atoms with Crippen molar-refractivity contribution >= 4 is 0 Å². The number of aryl methyl sites for hydroxylation is 1. The number of hydrogen-bond acceptors (Lipinski definition) is 5. The highest BCUT2D eigenvalue weighted by molar-refractivity contribution is 5.23. The fraction of sp³-hybridized carbons (Fsp3) is 0.231. The van der Waals surface area contributed by atoms with Crippen LogP contribution in [0.3, 0.4) is 0 Å². The average molecular weight is 240 g/mol. The summed E-state index contributed by atoms with van der Waals surface area (Å²) in [5.74, 6) is 0. The van der Waals surface area contributed by atoms with Crippen molar-refractivity contribution in [3.05, 3.63) is 47.5 Å². The van der Waals surface area contributed by atoms with Crippen molar-refractivity contribution in [2.45, 2.75) is 13.3 Å². The molecular weight excluding hydrogens is 228 g/mol. The highest BCUT2D eigenvalue weighted by Gasteiger charge is 2.03. The lowest BCUT2D eigenvalue weighted by Crippen LogP contribution is -2.06. The summed E-state index contributed by atoms with van der Waals surface area (Å²) in [6, 6.07) is 9.56. The number of aromatic nitrogens is 3. The Labute approximate surface area is 105 Å². The molecule has 0 saturated heterocycles. The molecule has 0 aliphatic heterocycles. The van der Waals surface area contributed by atoms with Gasteiger partial charge >= 0.3 is 6.01 Å². The zero-order valence-electron chi connectivity index (χ0n) is 10.00. The number of rotatable bonds is 4. The van der Waals surface area contributed by atoms with Gasteiger partial charge in [0.1, 0.15) is 11.8 Å². The third-order valence-corrected chi connectivity index (χ3v) is 2.26. The van der Waals surface area contributed by atoms with Gasteiger partial charge in [0.15, 0.2) is 0 Å². The predicted octanol–water partition coefficient (Wildman–Crippen LogP) is 1.67. The van der Waals surface area contributed by atoms with Gasteiger partial charge in [0.25, 0.3) is 0 Å². The maximum atomic E-state index is 8.78. The van der Waals surface area contributed by atoms with Crippen molar-refractivity contribution in [3.8, 4) is 12.1 Å². The Bertz CT molecular complexity index is 563. The summed E-state index contributed by atoms with van der Waals surface area (Å²) in [5, 5.41) is 8.78. The van der Waals surface area contributed by atoms with Crippen LogP contribution in [0.25, 0.3) is 0 Å². The van der Waals surface area contributed by atoms with Crippen LogP contribution >= 0.6 is 0 Å². The van der Waals surface area contributed by atoms with Gasteiger partial charge in [0.2, 0.25) is 0 Å². The molecule has 0 amide bonds. The molecule has 5 nitrogen and oxygen atoms in total. The summed E-state index contributed by atoms with van der Waals surface area (Å²) in [6.45, 7) is 2.24. The first-order valence-corrected chi connectivity index (χ1v) is 5.56. The lowest BCUT2D eigenvalue weighted by molar-refractivity contribution is 0.294.